The van der Waals surface area contributed by atoms with Crippen molar-refractivity contribution < 1.29 is 13.9 Å². The predicted octanol–water partition coefficient (Wildman–Crippen LogP) is 4.48. The molecule has 2 heterocycles. The van der Waals surface area contributed by atoms with Crippen LogP contribution in [0.5, 0.6) is 0 Å². The van der Waals surface area contributed by atoms with Crippen LogP contribution in [0.2, 0.25) is 14.8 Å². The van der Waals surface area contributed by atoms with Crippen molar-refractivity contribution in [3.63, 3.8) is 0 Å². The van der Waals surface area contributed by atoms with Gasteiger partial charge in [-0.2, -0.15) is 0 Å². The molecule has 0 N–H and O–H groups in total. The van der Waals surface area contributed by atoms with Crippen molar-refractivity contribution in [1.29, 1.82) is 0 Å². The normalized spacial score (nSPS) is 28.0. The Morgan fingerprint density at radius 1 is 1.21 bits per heavy atom. The number of fused-ring (bicyclic) bond motifs is 2. The van der Waals surface area contributed by atoms with Gasteiger partial charge in [0.1, 0.15) is 0 Å². The van der Waals surface area contributed by atoms with Gasteiger partial charge in [0.2, 0.25) is 0 Å². The average Bonchev–Trinajstić information content (AvgIpc) is 2.89. The molecule has 0 amide bonds. The monoisotopic (exact) mass is 497 g/mol. The molecule has 2 aliphatic rings. The van der Waals surface area contributed by atoms with Crippen molar-refractivity contribution in [2.75, 3.05) is 13.2 Å². The zero-order valence-electron chi connectivity index (χ0n) is 18.1. The molecule has 2 bridgehead atoms. The number of ether oxygens (including phenoxy) is 1. The maximum atomic E-state index is 13.1. The van der Waals surface area contributed by atoms with E-state index in [1.54, 1.807) is 0 Å². The summed E-state index contributed by atoms with van der Waals surface area (Å²) < 4.78 is 20.0. The average molecular weight is 496 g/mol. The van der Waals surface area contributed by atoms with Crippen LogP contribution in [0.25, 0.3) is 0 Å². The van der Waals surface area contributed by atoms with E-state index in [1.165, 1.54) is 9.14 Å². The molecule has 2 aliphatic heterocycles. The summed E-state index contributed by atoms with van der Waals surface area (Å²) in [5, 5.41) is 0. The van der Waals surface area contributed by atoms with Gasteiger partial charge in [0, 0.05) is 0 Å². The first-order valence-corrected chi connectivity index (χ1v) is 20.8. The summed E-state index contributed by atoms with van der Waals surface area (Å²) in [6.07, 6.45) is 3.54. The van der Waals surface area contributed by atoms with E-state index in [4.69, 9.17) is 4.74 Å². The summed E-state index contributed by atoms with van der Waals surface area (Å²) in [6.45, 7) is 4.29. The van der Waals surface area contributed by atoms with E-state index < -0.39 is 18.4 Å². The third kappa shape index (κ3) is 4.75. The van der Waals surface area contributed by atoms with Crippen molar-refractivity contribution in [3.8, 4) is 0 Å². The van der Waals surface area contributed by atoms with Gasteiger partial charge >= 0.3 is 174 Å². The fraction of sp³-hybridized carbons (Fsp3) is 0.696. The molecule has 2 saturated heterocycles. The zero-order valence-corrected chi connectivity index (χ0v) is 20.9. The molecule has 5 heteroatoms. The van der Waals surface area contributed by atoms with Crippen molar-refractivity contribution in [1.82, 2.24) is 4.90 Å². The summed E-state index contributed by atoms with van der Waals surface area (Å²) in [6, 6.07) is 9.76. The van der Waals surface area contributed by atoms with Crippen LogP contribution in [0, 0.1) is 5.92 Å². The van der Waals surface area contributed by atoms with Crippen LogP contribution in [0.4, 0.5) is 4.39 Å². The topological polar surface area (TPSA) is 29.5 Å². The second-order valence-corrected chi connectivity index (χ2v) is 24.3. The zero-order chi connectivity index (χ0) is 20.5. The van der Waals surface area contributed by atoms with E-state index in [0.29, 0.717) is 12.5 Å². The third-order valence-electron chi connectivity index (χ3n) is 6.44. The van der Waals surface area contributed by atoms with Gasteiger partial charge in [-0.25, -0.2) is 0 Å². The van der Waals surface area contributed by atoms with Crippen molar-refractivity contribution in [2.24, 2.45) is 5.92 Å². The van der Waals surface area contributed by atoms with E-state index in [9.17, 15) is 9.18 Å². The minimum atomic E-state index is -2.09. The molecular formula is C23H36FNO2Sn. The fourth-order valence-corrected chi connectivity index (χ4v) is 8.44. The predicted molar refractivity (Wildman–Crippen MR) is 116 cm³/mol. The van der Waals surface area contributed by atoms with Crippen LogP contribution in [0.3, 0.4) is 0 Å². The van der Waals surface area contributed by atoms with Crippen LogP contribution in [0.1, 0.15) is 51.0 Å². The number of piperidine rings is 1. The Kier molecular flexibility index (Phi) is 7.12. The Morgan fingerprint density at radius 3 is 2.46 bits per heavy atom. The second kappa shape index (κ2) is 9.03. The van der Waals surface area contributed by atoms with Gasteiger partial charge in [-0.15, -0.1) is 0 Å². The van der Waals surface area contributed by atoms with Gasteiger partial charge in [-0.3, -0.25) is 0 Å². The molecule has 1 aromatic rings. The summed E-state index contributed by atoms with van der Waals surface area (Å²) in [7, 11) is 0. The number of hydrogen-bond acceptors (Lipinski definition) is 3. The van der Waals surface area contributed by atoms with Crippen LogP contribution < -0.4 is 3.58 Å². The van der Waals surface area contributed by atoms with E-state index >= 15 is 0 Å². The quantitative estimate of drug-likeness (QED) is 0.412. The first kappa shape index (κ1) is 22.1. The molecule has 3 nitrogen and oxygen atoms in total. The Morgan fingerprint density at radius 2 is 1.89 bits per heavy atom. The van der Waals surface area contributed by atoms with Crippen LogP contribution in [-0.2, 0) is 9.53 Å². The van der Waals surface area contributed by atoms with Crippen molar-refractivity contribution in [3.05, 3.63) is 29.8 Å². The second-order valence-electron chi connectivity index (χ2n) is 9.80. The van der Waals surface area contributed by atoms with Crippen molar-refractivity contribution in [2.45, 2.75) is 78.5 Å². The molecule has 0 aromatic heterocycles. The number of nitrogens with zero attached hydrogens (tertiary/aromatic N) is 1. The number of alkyl halides is 1. The van der Waals surface area contributed by atoms with Gasteiger partial charge in [-0.1, -0.05) is 0 Å². The molecule has 156 valence electrons. The van der Waals surface area contributed by atoms with Crippen LogP contribution >= 0.6 is 0 Å². The standard InChI is InChI=1S/C20H27FNO2.3CH3.Sn/c1-14(2)24-20(23)19-17(15-7-4-3-5-8-15)13-16-9-10-18(19)22(16)12-6-11-21;;;;/h4-5,7-8,14,16-19H,6,9-13H2,1-2H3;3*1H3;/t16-,17+,18+,19-;;;;/m0..../s1. The Hall–Kier alpha value is -0.621. The number of hydrogen-bond donors (Lipinski definition) is 0. The summed E-state index contributed by atoms with van der Waals surface area (Å²) in [5.41, 5.74) is 1.27. The molecule has 0 unspecified atom stereocenters. The third-order valence-corrected chi connectivity index (χ3v) is 12.3. The van der Waals surface area contributed by atoms with Gasteiger partial charge in [0.05, 0.1) is 0 Å². The summed E-state index contributed by atoms with van der Waals surface area (Å²) in [4.78, 5) is 22.8. The Labute approximate surface area is 173 Å². The SMILES string of the molecule is CC(C)OC(=O)[C@H]1[C@@H](c2cc[c]([Sn]([CH3])([CH3])[CH3])cc2)C[C@@H]2CC[C@H]1N2CCCF. The molecule has 0 spiro atoms. The number of esters is 1. The Bertz CT molecular complexity index is 670. The van der Waals surface area contributed by atoms with Gasteiger partial charge in [0.25, 0.3) is 0 Å². The van der Waals surface area contributed by atoms with E-state index in [2.05, 4.69) is 44.0 Å². The van der Waals surface area contributed by atoms with Gasteiger partial charge in [-0.05, 0) is 0 Å². The molecule has 0 aliphatic carbocycles. The molecule has 28 heavy (non-hydrogen) atoms. The van der Waals surface area contributed by atoms with E-state index in [1.807, 2.05) is 13.8 Å². The van der Waals surface area contributed by atoms with Gasteiger partial charge in [0.15, 0.2) is 0 Å². The summed E-state index contributed by atoms with van der Waals surface area (Å²) in [5.74, 6) is -0.0194. The number of rotatable bonds is 7. The summed E-state index contributed by atoms with van der Waals surface area (Å²) >= 11 is -2.09. The number of carbonyl (C=O) groups excluding carboxylic acids is 1. The fourth-order valence-electron chi connectivity index (χ4n) is 5.11. The maximum absolute atomic E-state index is 13.1. The first-order valence-electron chi connectivity index (χ1n) is 10.8. The van der Waals surface area contributed by atoms with Crippen LogP contribution in [-0.4, -0.2) is 60.7 Å². The number of halogens is 1. The minimum absolute atomic E-state index is 0.0744. The van der Waals surface area contributed by atoms with E-state index in [0.717, 1.165) is 25.8 Å². The molecule has 0 saturated carbocycles. The van der Waals surface area contributed by atoms with Crippen molar-refractivity contribution >= 4 is 27.9 Å². The molecule has 2 fully saturated rings. The van der Waals surface area contributed by atoms with Gasteiger partial charge < -0.3 is 0 Å². The van der Waals surface area contributed by atoms with E-state index in [-0.39, 0.29) is 36.6 Å². The number of benzene rings is 1. The molecule has 3 rings (SSSR count). The van der Waals surface area contributed by atoms with Crippen LogP contribution in [0.15, 0.2) is 24.3 Å². The molecule has 0 radical (unpaired) electrons. The first-order chi connectivity index (χ1) is 13.2. The Balaban J connectivity index is 1.89. The molecule has 1 aromatic carbocycles. The molecule has 4 atom stereocenters. The molecular weight excluding hydrogens is 460 g/mol. The number of carbonyl (C=O) groups is 1.